The summed E-state index contributed by atoms with van der Waals surface area (Å²) in [6, 6.07) is 8.32. The van der Waals surface area contributed by atoms with Crippen molar-refractivity contribution in [3.05, 3.63) is 68.7 Å². The number of rotatable bonds is 3. The van der Waals surface area contributed by atoms with Crippen LogP contribution in [0.1, 0.15) is 17.2 Å². The van der Waals surface area contributed by atoms with E-state index in [1.165, 1.54) is 30.3 Å². The average molecular weight is 348 g/mol. The van der Waals surface area contributed by atoms with Gasteiger partial charge >= 0.3 is 0 Å². The minimum absolute atomic E-state index is 0.0327. The zero-order valence-electron chi connectivity index (χ0n) is 9.71. The van der Waals surface area contributed by atoms with Gasteiger partial charge in [-0.15, -0.1) is 0 Å². The molecule has 0 spiro atoms. The zero-order valence-corrected chi connectivity index (χ0v) is 12.0. The van der Waals surface area contributed by atoms with Crippen molar-refractivity contribution in [1.29, 1.82) is 0 Å². The van der Waals surface area contributed by atoms with Crippen LogP contribution >= 0.6 is 27.5 Å². The lowest BCUT2D eigenvalue weighted by Gasteiger charge is -2.13. The maximum absolute atomic E-state index is 13.0. The van der Waals surface area contributed by atoms with Gasteiger partial charge in [0.25, 0.3) is 0 Å². The van der Waals surface area contributed by atoms with Crippen molar-refractivity contribution in [1.82, 2.24) is 0 Å². The van der Waals surface area contributed by atoms with E-state index in [1.807, 2.05) is 0 Å². The van der Waals surface area contributed by atoms with E-state index in [4.69, 9.17) is 11.6 Å². The normalized spacial score (nSPS) is 12.5. The van der Waals surface area contributed by atoms with Gasteiger partial charge in [0.05, 0.1) is 11.1 Å². The molecule has 2 rings (SSSR count). The van der Waals surface area contributed by atoms with E-state index in [1.54, 1.807) is 6.07 Å². The first-order valence-electron chi connectivity index (χ1n) is 5.54. The second-order valence-electron chi connectivity index (χ2n) is 4.13. The topological polar surface area (TPSA) is 20.2 Å². The molecule has 0 fully saturated rings. The van der Waals surface area contributed by atoms with Gasteiger partial charge < -0.3 is 5.11 Å². The van der Waals surface area contributed by atoms with Gasteiger partial charge in [-0.3, -0.25) is 0 Å². The van der Waals surface area contributed by atoms with Crippen LogP contribution in [-0.4, -0.2) is 5.11 Å². The molecular weight excluding hydrogens is 338 g/mol. The van der Waals surface area contributed by atoms with Crippen LogP contribution in [0, 0.1) is 11.6 Å². The lowest BCUT2D eigenvalue weighted by Crippen LogP contribution is -2.03. The van der Waals surface area contributed by atoms with Crippen molar-refractivity contribution in [2.24, 2.45) is 0 Å². The molecule has 0 saturated heterocycles. The Hall–Kier alpha value is -0.970. The minimum Gasteiger partial charge on any atom is -0.388 e. The molecule has 0 bridgehead atoms. The van der Waals surface area contributed by atoms with E-state index in [9.17, 15) is 13.9 Å². The van der Waals surface area contributed by atoms with Gasteiger partial charge in [0.2, 0.25) is 0 Å². The van der Waals surface area contributed by atoms with Crippen LogP contribution in [-0.2, 0) is 6.42 Å². The molecule has 100 valence electrons. The third-order valence-corrected chi connectivity index (χ3v) is 3.78. The van der Waals surface area contributed by atoms with Crippen LogP contribution in [0.3, 0.4) is 0 Å². The van der Waals surface area contributed by atoms with Gasteiger partial charge in [-0.25, -0.2) is 8.78 Å². The molecule has 1 N–H and O–H groups in total. The van der Waals surface area contributed by atoms with Crippen LogP contribution < -0.4 is 0 Å². The highest BCUT2D eigenvalue weighted by atomic mass is 79.9. The van der Waals surface area contributed by atoms with Crippen molar-refractivity contribution in [2.75, 3.05) is 0 Å². The molecule has 1 nitrogen and oxygen atoms in total. The Morgan fingerprint density at radius 3 is 2.53 bits per heavy atom. The molecule has 0 aliphatic rings. The molecule has 0 amide bonds. The lowest BCUT2D eigenvalue weighted by molar-refractivity contribution is 0.178. The molecule has 5 heteroatoms. The first kappa shape index (κ1) is 14.4. The van der Waals surface area contributed by atoms with Crippen molar-refractivity contribution < 1.29 is 13.9 Å². The van der Waals surface area contributed by atoms with Crippen molar-refractivity contribution in [3.63, 3.8) is 0 Å². The minimum atomic E-state index is -0.833. The highest BCUT2D eigenvalue weighted by Gasteiger charge is 2.13. The Bertz CT molecular complexity index is 604. The van der Waals surface area contributed by atoms with Crippen LogP contribution in [0.2, 0.25) is 5.02 Å². The summed E-state index contributed by atoms with van der Waals surface area (Å²) in [5.41, 5.74) is 1.27. The molecule has 19 heavy (non-hydrogen) atoms. The summed E-state index contributed by atoms with van der Waals surface area (Å²) in [5, 5.41) is 10.1. The van der Waals surface area contributed by atoms with Gasteiger partial charge in [-0.2, -0.15) is 0 Å². The summed E-state index contributed by atoms with van der Waals surface area (Å²) >= 11 is 8.91. The largest absolute Gasteiger partial charge is 0.388 e. The van der Waals surface area contributed by atoms with Gasteiger partial charge in [-0.05, 0) is 35.4 Å². The Balaban J connectivity index is 2.20. The van der Waals surface area contributed by atoms with Crippen LogP contribution in [0.4, 0.5) is 8.78 Å². The average Bonchev–Trinajstić information content (AvgIpc) is 2.36. The lowest BCUT2D eigenvalue weighted by atomic mass is 10.0. The summed E-state index contributed by atoms with van der Waals surface area (Å²) in [4.78, 5) is 0. The molecule has 0 heterocycles. The molecule has 0 aliphatic carbocycles. The van der Waals surface area contributed by atoms with E-state index in [-0.39, 0.29) is 17.3 Å². The van der Waals surface area contributed by atoms with Crippen molar-refractivity contribution >= 4 is 27.5 Å². The fraction of sp³-hybridized carbons (Fsp3) is 0.143. The molecule has 0 saturated carbocycles. The molecule has 2 aromatic carbocycles. The van der Waals surface area contributed by atoms with Gasteiger partial charge in [0.15, 0.2) is 0 Å². The van der Waals surface area contributed by atoms with Crippen LogP contribution in [0.15, 0.2) is 40.9 Å². The standard InChI is InChI=1S/C14H10BrClF2O/c15-11-7-10(17)3-1-8(11)6-14(19)9-2-4-13(18)12(16)5-9/h1-5,7,14,19H,6H2. The predicted octanol–water partition coefficient (Wildman–Crippen LogP) is 4.66. The highest BCUT2D eigenvalue weighted by Crippen LogP contribution is 2.26. The molecule has 2 aromatic rings. The van der Waals surface area contributed by atoms with E-state index < -0.39 is 11.9 Å². The number of halogens is 4. The smallest absolute Gasteiger partial charge is 0.141 e. The van der Waals surface area contributed by atoms with Crippen LogP contribution in [0.5, 0.6) is 0 Å². The summed E-state index contributed by atoms with van der Waals surface area (Å²) in [6.07, 6.45) is -0.553. The summed E-state index contributed by atoms with van der Waals surface area (Å²) in [6.45, 7) is 0. The number of hydrogen-bond acceptors (Lipinski definition) is 1. The second kappa shape index (κ2) is 5.99. The molecule has 0 radical (unpaired) electrons. The van der Waals surface area contributed by atoms with E-state index in [0.29, 0.717) is 10.0 Å². The fourth-order valence-electron chi connectivity index (χ4n) is 1.73. The van der Waals surface area contributed by atoms with Gasteiger partial charge in [0.1, 0.15) is 11.6 Å². The SMILES string of the molecule is OC(Cc1ccc(F)cc1Br)c1ccc(F)c(Cl)c1. The first-order chi connectivity index (χ1) is 8.97. The number of aliphatic hydroxyl groups is 1. The number of aliphatic hydroxyl groups excluding tert-OH is 1. The summed E-state index contributed by atoms with van der Waals surface area (Å²) < 4.78 is 26.6. The molecule has 0 aromatic heterocycles. The molecule has 0 aliphatic heterocycles. The molecule has 1 unspecified atom stereocenters. The summed E-state index contributed by atoms with van der Waals surface area (Å²) in [7, 11) is 0. The second-order valence-corrected chi connectivity index (χ2v) is 5.39. The van der Waals surface area contributed by atoms with Gasteiger partial charge in [-0.1, -0.05) is 39.7 Å². The number of hydrogen-bond donors (Lipinski definition) is 1. The Morgan fingerprint density at radius 2 is 1.89 bits per heavy atom. The maximum Gasteiger partial charge on any atom is 0.141 e. The van der Waals surface area contributed by atoms with E-state index in [2.05, 4.69) is 15.9 Å². The first-order valence-corrected chi connectivity index (χ1v) is 6.71. The van der Waals surface area contributed by atoms with Crippen molar-refractivity contribution in [3.8, 4) is 0 Å². The quantitative estimate of drug-likeness (QED) is 0.856. The number of benzene rings is 2. The van der Waals surface area contributed by atoms with Gasteiger partial charge in [0, 0.05) is 10.9 Å². The third kappa shape index (κ3) is 3.53. The van der Waals surface area contributed by atoms with Crippen LogP contribution in [0.25, 0.3) is 0 Å². The Labute approximate surface area is 123 Å². The fourth-order valence-corrected chi connectivity index (χ4v) is 2.43. The Morgan fingerprint density at radius 1 is 1.16 bits per heavy atom. The monoisotopic (exact) mass is 346 g/mol. The predicted molar refractivity (Wildman–Crippen MR) is 74.2 cm³/mol. The summed E-state index contributed by atoms with van der Waals surface area (Å²) in [5.74, 6) is -0.879. The van der Waals surface area contributed by atoms with Crippen molar-refractivity contribution in [2.45, 2.75) is 12.5 Å². The third-order valence-electron chi connectivity index (χ3n) is 2.76. The Kier molecular flexibility index (Phi) is 4.55. The highest BCUT2D eigenvalue weighted by molar-refractivity contribution is 9.10. The zero-order chi connectivity index (χ0) is 14.0. The maximum atomic E-state index is 13.0. The molecule has 1 atom stereocenters. The van der Waals surface area contributed by atoms with E-state index in [0.717, 1.165) is 5.56 Å². The molecular formula is C14H10BrClF2O. The van der Waals surface area contributed by atoms with E-state index >= 15 is 0 Å².